The van der Waals surface area contributed by atoms with E-state index >= 15 is 0 Å². The number of carbonyl (C=O) groups excluding carboxylic acids is 2. The number of rotatable bonds is 0. The van der Waals surface area contributed by atoms with Crippen LogP contribution in [0.1, 0.15) is 31.9 Å². The number of nitrogens with one attached hydrogen (secondary N) is 1. The summed E-state index contributed by atoms with van der Waals surface area (Å²) in [5.41, 5.74) is 8.41. The van der Waals surface area contributed by atoms with Crippen LogP contribution in [0.15, 0.2) is 12.1 Å². The predicted molar refractivity (Wildman–Crippen MR) is 74.7 cm³/mol. The second kappa shape index (κ2) is 4.49. The van der Waals surface area contributed by atoms with Crippen LogP contribution in [-0.4, -0.2) is 24.5 Å². The Balaban J connectivity index is 2.14. The van der Waals surface area contributed by atoms with Crippen LogP contribution in [0.25, 0.3) is 0 Å². The molecule has 1 aromatic rings. The highest BCUT2D eigenvalue weighted by Crippen LogP contribution is 2.42. The van der Waals surface area contributed by atoms with Crippen molar-refractivity contribution < 1.29 is 14.3 Å². The number of nitrogens with two attached hydrogens (primary N) is 1. The van der Waals surface area contributed by atoms with Gasteiger partial charge in [0.25, 0.3) is 5.91 Å². The smallest absolute Gasteiger partial charge is 0.262 e. The van der Waals surface area contributed by atoms with Gasteiger partial charge in [-0.25, -0.2) is 0 Å². The zero-order valence-corrected chi connectivity index (χ0v) is 11.5. The molecule has 0 radical (unpaired) electrons. The van der Waals surface area contributed by atoms with Crippen LogP contribution in [-0.2, 0) is 9.59 Å². The first-order valence-electron chi connectivity index (χ1n) is 6.63. The molecule has 0 saturated carbocycles. The Morgan fingerprint density at radius 2 is 2.25 bits per heavy atom. The highest BCUT2D eigenvalue weighted by molar-refractivity contribution is 5.99. The summed E-state index contributed by atoms with van der Waals surface area (Å²) in [6.45, 7) is 3.51. The Kier molecular flexibility index (Phi) is 2.90. The summed E-state index contributed by atoms with van der Waals surface area (Å²) in [5, 5.41) is 2.76. The van der Waals surface area contributed by atoms with Crippen molar-refractivity contribution in [1.82, 2.24) is 0 Å². The Morgan fingerprint density at radius 3 is 2.95 bits per heavy atom. The van der Waals surface area contributed by atoms with Gasteiger partial charge in [-0.15, -0.1) is 0 Å². The molecule has 0 fully saturated rings. The van der Waals surface area contributed by atoms with Gasteiger partial charge in [-0.3, -0.25) is 9.59 Å². The molecule has 2 unspecified atom stereocenters. The number of anilines is 2. The first-order chi connectivity index (χ1) is 9.47. The fourth-order valence-corrected chi connectivity index (χ4v) is 2.95. The molecule has 3 N–H and O–H groups in total. The van der Waals surface area contributed by atoms with E-state index in [9.17, 15) is 9.59 Å². The number of carbonyl (C=O) groups is 2. The molecule has 0 bridgehead atoms. The van der Waals surface area contributed by atoms with Gasteiger partial charge in [0.05, 0.1) is 11.4 Å². The van der Waals surface area contributed by atoms with Crippen LogP contribution in [0, 0.1) is 0 Å². The zero-order valence-electron chi connectivity index (χ0n) is 11.5. The third-order valence-corrected chi connectivity index (χ3v) is 3.80. The molecule has 2 heterocycles. The number of hydrogen-bond donors (Lipinski definition) is 2. The summed E-state index contributed by atoms with van der Waals surface area (Å²) in [5.74, 6) is 0.380. The van der Waals surface area contributed by atoms with Gasteiger partial charge in [-0.2, -0.15) is 0 Å². The quantitative estimate of drug-likeness (QED) is 0.744. The van der Waals surface area contributed by atoms with E-state index in [2.05, 4.69) is 5.32 Å². The van der Waals surface area contributed by atoms with E-state index in [1.165, 1.54) is 6.92 Å². The molecular weight excluding hydrogens is 258 g/mol. The molecule has 2 aliphatic heterocycles. The van der Waals surface area contributed by atoms with Crippen molar-refractivity contribution in [3.63, 3.8) is 0 Å². The molecular formula is C14H17N3O3. The van der Waals surface area contributed by atoms with Crippen molar-refractivity contribution >= 4 is 23.2 Å². The molecule has 1 aromatic carbocycles. The van der Waals surface area contributed by atoms with Crippen molar-refractivity contribution in [2.75, 3.05) is 16.8 Å². The highest BCUT2D eigenvalue weighted by atomic mass is 16.5. The molecule has 0 spiro atoms. The Labute approximate surface area is 116 Å². The van der Waals surface area contributed by atoms with Crippen LogP contribution in [0.2, 0.25) is 0 Å². The standard InChI is InChI=1S/C14H17N3O3/c1-7-3-10(15)9-4-13-11(16-14(19)6-20-13)5-12(9)17(7)8(2)18/h4-5,7,10H,3,6,15H2,1-2H3,(H,16,19). The first-order valence-corrected chi connectivity index (χ1v) is 6.63. The largest absolute Gasteiger partial charge is 0.482 e. The monoisotopic (exact) mass is 275 g/mol. The molecule has 6 heteroatoms. The SMILES string of the molecule is CC(=O)N1c2cc3c(cc2C(N)CC1C)OCC(=O)N3. The number of nitrogens with zero attached hydrogens (tertiary/aromatic N) is 1. The second-order valence-electron chi connectivity index (χ2n) is 5.32. The van der Waals surface area contributed by atoms with Gasteiger partial charge in [-0.05, 0) is 31.0 Å². The molecule has 6 nitrogen and oxygen atoms in total. The molecule has 3 rings (SSSR count). The average molecular weight is 275 g/mol. The third kappa shape index (κ3) is 1.92. The second-order valence-corrected chi connectivity index (χ2v) is 5.32. The van der Waals surface area contributed by atoms with E-state index in [1.54, 1.807) is 11.0 Å². The minimum absolute atomic E-state index is 0.00779. The number of hydrogen-bond acceptors (Lipinski definition) is 4. The Morgan fingerprint density at radius 1 is 1.50 bits per heavy atom. The van der Waals surface area contributed by atoms with Crippen LogP contribution >= 0.6 is 0 Å². The van der Waals surface area contributed by atoms with E-state index in [1.807, 2.05) is 13.0 Å². The molecule has 20 heavy (non-hydrogen) atoms. The number of fused-ring (bicyclic) bond motifs is 2. The maximum atomic E-state index is 11.9. The van der Waals surface area contributed by atoms with Crippen molar-refractivity contribution in [3.8, 4) is 5.75 Å². The Hall–Kier alpha value is -2.08. The number of benzene rings is 1. The topological polar surface area (TPSA) is 84.7 Å². The fourth-order valence-electron chi connectivity index (χ4n) is 2.95. The molecule has 2 atom stereocenters. The van der Waals surface area contributed by atoms with Gasteiger partial charge >= 0.3 is 0 Å². The highest BCUT2D eigenvalue weighted by Gasteiger charge is 2.32. The zero-order chi connectivity index (χ0) is 14.4. The summed E-state index contributed by atoms with van der Waals surface area (Å²) in [4.78, 5) is 25.0. The minimum Gasteiger partial charge on any atom is -0.482 e. The van der Waals surface area contributed by atoms with E-state index in [-0.39, 0.29) is 30.5 Å². The van der Waals surface area contributed by atoms with E-state index in [0.717, 1.165) is 11.3 Å². The lowest BCUT2D eigenvalue weighted by atomic mass is 9.91. The van der Waals surface area contributed by atoms with Crippen molar-refractivity contribution in [1.29, 1.82) is 0 Å². The lowest BCUT2D eigenvalue weighted by molar-refractivity contribution is -0.118. The maximum absolute atomic E-state index is 11.9. The van der Waals surface area contributed by atoms with Crippen LogP contribution < -0.4 is 20.7 Å². The summed E-state index contributed by atoms with van der Waals surface area (Å²) < 4.78 is 5.40. The van der Waals surface area contributed by atoms with Crippen LogP contribution in [0.3, 0.4) is 0 Å². The van der Waals surface area contributed by atoms with E-state index < -0.39 is 0 Å². The van der Waals surface area contributed by atoms with Gasteiger partial charge in [0.1, 0.15) is 5.75 Å². The van der Waals surface area contributed by atoms with Crippen LogP contribution in [0.5, 0.6) is 5.75 Å². The number of amides is 2. The van der Waals surface area contributed by atoms with Gasteiger partial charge in [0.2, 0.25) is 5.91 Å². The van der Waals surface area contributed by atoms with Gasteiger partial charge < -0.3 is 20.7 Å². The van der Waals surface area contributed by atoms with Crippen molar-refractivity contribution in [2.24, 2.45) is 5.73 Å². The van der Waals surface area contributed by atoms with Crippen molar-refractivity contribution in [2.45, 2.75) is 32.4 Å². The summed E-state index contributed by atoms with van der Waals surface area (Å²) in [6, 6.07) is 3.50. The minimum atomic E-state index is -0.194. The first kappa shape index (κ1) is 12.9. The average Bonchev–Trinajstić information content (AvgIpc) is 2.36. The van der Waals surface area contributed by atoms with E-state index in [0.29, 0.717) is 17.9 Å². The van der Waals surface area contributed by atoms with Crippen molar-refractivity contribution in [3.05, 3.63) is 17.7 Å². The fraction of sp³-hybridized carbons (Fsp3) is 0.429. The maximum Gasteiger partial charge on any atom is 0.262 e. The molecule has 0 aromatic heterocycles. The lowest BCUT2D eigenvalue weighted by Crippen LogP contribution is -2.43. The summed E-state index contributed by atoms with van der Waals surface area (Å²) in [7, 11) is 0. The van der Waals surface area contributed by atoms with Crippen LogP contribution in [0.4, 0.5) is 11.4 Å². The number of ether oxygens (including phenoxy) is 1. The molecule has 106 valence electrons. The van der Waals surface area contributed by atoms with Gasteiger partial charge in [-0.1, -0.05) is 0 Å². The summed E-state index contributed by atoms with van der Waals surface area (Å²) in [6.07, 6.45) is 0.706. The summed E-state index contributed by atoms with van der Waals surface area (Å²) >= 11 is 0. The molecule has 2 amide bonds. The molecule has 0 saturated heterocycles. The molecule has 0 aliphatic carbocycles. The lowest BCUT2D eigenvalue weighted by Gasteiger charge is -2.38. The Bertz CT molecular complexity index is 600. The van der Waals surface area contributed by atoms with E-state index in [4.69, 9.17) is 10.5 Å². The van der Waals surface area contributed by atoms with Gasteiger partial charge in [0, 0.05) is 19.0 Å². The molecule has 2 aliphatic rings. The van der Waals surface area contributed by atoms with Gasteiger partial charge in [0.15, 0.2) is 6.61 Å². The predicted octanol–water partition coefficient (Wildman–Crippen LogP) is 1.16. The normalized spacial score (nSPS) is 24.4. The third-order valence-electron chi connectivity index (χ3n) is 3.80.